The van der Waals surface area contributed by atoms with Crippen molar-refractivity contribution < 1.29 is 22.7 Å². The summed E-state index contributed by atoms with van der Waals surface area (Å²) >= 11 is 5.59. The highest BCUT2D eigenvalue weighted by atomic mass is 35.5. The molecule has 0 amide bonds. The maximum absolute atomic E-state index is 13.5. The Labute approximate surface area is 149 Å². The second kappa shape index (κ2) is 6.69. The van der Waals surface area contributed by atoms with Gasteiger partial charge in [0, 0.05) is 18.3 Å². The van der Waals surface area contributed by atoms with Gasteiger partial charge in [0.1, 0.15) is 11.6 Å². The number of hydrogen-bond donors (Lipinski definition) is 2. The van der Waals surface area contributed by atoms with Crippen molar-refractivity contribution in [1.82, 2.24) is 19.6 Å². The monoisotopic (exact) mass is 389 g/mol. The van der Waals surface area contributed by atoms with Crippen molar-refractivity contribution in [3.8, 4) is 0 Å². The average molecular weight is 390 g/mol. The number of alkyl halides is 3. The third-order valence-electron chi connectivity index (χ3n) is 3.50. The zero-order chi connectivity index (χ0) is 19.1. The Morgan fingerprint density at radius 3 is 2.65 bits per heavy atom. The Kier molecular flexibility index (Phi) is 4.72. The first-order valence-electron chi connectivity index (χ1n) is 7.33. The van der Waals surface area contributed by atoms with Crippen LogP contribution in [0.15, 0.2) is 24.3 Å². The zero-order valence-corrected chi connectivity index (χ0v) is 14.0. The van der Waals surface area contributed by atoms with Gasteiger partial charge in [-0.2, -0.15) is 22.7 Å². The minimum absolute atomic E-state index is 0.0809. The molecule has 0 aliphatic heterocycles. The molecule has 1 aromatic carbocycles. The number of nitrogens with one attached hydrogen (secondary N) is 1. The van der Waals surface area contributed by atoms with Gasteiger partial charge in [-0.25, -0.2) is 9.37 Å². The molecular formula is C15H12ClF4N5O. The fraction of sp³-hybridized carbons (Fsp3) is 0.267. The van der Waals surface area contributed by atoms with Crippen LogP contribution in [0.4, 0.5) is 23.4 Å². The highest BCUT2D eigenvalue weighted by Gasteiger charge is 2.36. The lowest BCUT2D eigenvalue weighted by Crippen LogP contribution is -2.15. The number of fused-ring (bicyclic) bond motifs is 1. The van der Waals surface area contributed by atoms with Crippen LogP contribution in [0.1, 0.15) is 23.2 Å². The molecule has 0 saturated carbocycles. The van der Waals surface area contributed by atoms with Crippen LogP contribution in [-0.4, -0.2) is 31.2 Å². The highest BCUT2D eigenvalue weighted by molar-refractivity contribution is 6.30. The smallest absolute Gasteiger partial charge is 0.387 e. The van der Waals surface area contributed by atoms with Gasteiger partial charge in [0.05, 0.1) is 11.1 Å². The standard InChI is InChI=1S/C15H12ClF4N5O/c1-7-4-12(25-14(22-7)23-13(24-25)15(18,19)20)21-6-11(26)8-2-3-9(16)10(17)5-8/h2-5,11,21,26H,6H2,1H3. The van der Waals surface area contributed by atoms with E-state index >= 15 is 0 Å². The summed E-state index contributed by atoms with van der Waals surface area (Å²) in [5, 5.41) is 16.3. The maximum atomic E-state index is 13.5. The Morgan fingerprint density at radius 2 is 2.00 bits per heavy atom. The summed E-state index contributed by atoms with van der Waals surface area (Å²) in [6.45, 7) is 1.47. The number of benzene rings is 1. The van der Waals surface area contributed by atoms with Gasteiger partial charge >= 0.3 is 6.18 Å². The molecule has 1 unspecified atom stereocenters. The van der Waals surface area contributed by atoms with E-state index in [1.807, 2.05) is 0 Å². The molecular weight excluding hydrogens is 378 g/mol. The van der Waals surface area contributed by atoms with Gasteiger partial charge in [-0.3, -0.25) is 0 Å². The van der Waals surface area contributed by atoms with E-state index in [-0.39, 0.29) is 28.7 Å². The molecule has 0 bridgehead atoms. The number of aromatic nitrogens is 4. The fourth-order valence-corrected chi connectivity index (χ4v) is 2.39. The summed E-state index contributed by atoms with van der Waals surface area (Å²) in [6.07, 6.45) is -5.84. The number of aliphatic hydroxyl groups excluding tert-OH is 1. The molecule has 0 radical (unpaired) electrons. The normalized spacial score (nSPS) is 13.2. The van der Waals surface area contributed by atoms with E-state index in [4.69, 9.17) is 11.6 Å². The summed E-state index contributed by atoms with van der Waals surface area (Å²) in [6, 6.07) is 5.29. The van der Waals surface area contributed by atoms with Crippen LogP contribution in [0, 0.1) is 12.7 Å². The number of rotatable bonds is 4. The van der Waals surface area contributed by atoms with Gasteiger partial charge in [0.15, 0.2) is 0 Å². The maximum Gasteiger partial charge on any atom is 0.453 e. The fourth-order valence-electron chi connectivity index (χ4n) is 2.27. The highest BCUT2D eigenvalue weighted by Crippen LogP contribution is 2.27. The van der Waals surface area contributed by atoms with Crippen LogP contribution >= 0.6 is 11.6 Å². The van der Waals surface area contributed by atoms with E-state index in [1.165, 1.54) is 18.2 Å². The van der Waals surface area contributed by atoms with E-state index in [9.17, 15) is 22.7 Å². The average Bonchev–Trinajstić information content (AvgIpc) is 2.99. The number of anilines is 1. The third-order valence-corrected chi connectivity index (χ3v) is 3.81. The SMILES string of the molecule is Cc1cc(NCC(O)c2ccc(Cl)c(F)c2)n2nc(C(F)(F)F)nc2n1. The van der Waals surface area contributed by atoms with Crippen LogP contribution in [0.3, 0.4) is 0 Å². The lowest BCUT2D eigenvalue weighted by atomic mass is 10.1. The van der Waals surface area contributed by atoms with Crippen molar-refractivity contribution in [2.24, 2.45) is 0 Å². The molecule has 0 aliphatic rings. The van der Waals surface area contributed by atoms with Crippen LogP contribution in [0.2, 0.25) is 5.02 Å². The number of halogens is 5. The quantitative estimate of drug-likeness (QED) is 0.669. The summed E-state index contributed by atoms with van der Waals surface area (Å²) in [7, 11) is 0. The number of aliphatic hydroxyl groups is 1. The Bertz CT molecular complexity index is 959. The van der Waals surface area contributed by atoms with Gasteiger partial charge in [-0.1, -0.05) is 17.7 Å². The number of hydrogen-bond acceptors (Lipinski definition) is 5. The third kappa shape index (κ3) is 3.70. The van der Waals surface area contributed by atoms with Crippen molar-refractivity contribution in [2.45, 2.75) is 19.2 Å². The summed E-state index contributed by atoms with van der Waals surface area (Å²) in [4.78, 5) is 7.26. The van der Waals surface area contributed by atoms with E-state index < -0.39 is 23.9 Å². The lowest BCUT2D eigenvalue weighted by molar-refractivity contribution is -0.144. The van der Waals surface area contributed by atoms with Crippen LogP contribution in [-0.2, 0) is 6.18 Å². The number of aryl methyl sites for hydroxylation is 1. The summed E-state index contributed by atoms with van der Waals surface area (Å²) < 4.78 is 52.7. The molecule has 0 fully saturated rings. The van der Waals surface area contributed by atoms with E-state index in [2.05, 4.69) is 20.4 Å². The predicted molar refractivity (Wildman–Crippen MR) is 85.4 cm³/mol. The molecule has 138 valence electrons. The first-order chi connectivity index (χ1) is 12.1. The molecule has 1 atom stereocenters. The topological polar surface area (TPSA) is 75.3 Å². The zero-order valence-electron chi connectivity index (χ0n) is 13.2. The molecule has 0 aliphatic carbocycles. The van der Waals surface area contributed by atoms with Gasteiger partial charge in [0.2, 0.25) is 0 Å². The van der Waals surface area contributed by atoms with Gasteiger partial charge in [-0.15, -0.1) is 5.10 Å². The molecule has 0 saturated heterocycles. The Hall–Kier alpha value is -2.46. The largest absolute Gasteiger partial charge is 0.453 e. The Morgan fingerprint density at radius 1 is 1.27 bits per heavy atom. The van der Waals surface area contributed by atoms with Crippen molar-refractivity contribution in [3.63, 3.8) is 0 Å². The molecule has 2 N–H and O–H groups in total. The first kappa shape index (κ1) is 18.3. The molecule has 26 heavy (non-hydrogen) atoms. The van der Waals surface area contributed by atoms with E-state index in [0.29, 0.717) is 5.69 Å². The molecule has 6 nitrogen and oxygen atoms in total. The van der Waals surface area contributed by atoms with Gasteiger partial charge in [0.25, 0.3) is 11.6 Å². The van der Waals surface area contributed by atoms with Gasteiger partial charge < -0.3 is 10.4 Å². The molecule has 0 spiro atoms. The first-order valence-corrected chi connectivity index (χ1v) is 7.71. The number of nitrogens with zero attached hydrogens (tertiary/aromatic N) is 4. The molecule has 11 heteroatoms. The minimum Gasteiger partial charge on any atom is -0.387 e. The lowest BCUT2D eigenvalue weighted by Gasteiger charge is -2.14. The van der Waals surface area contributed by atoms with Crippen LogP contribution < -0.4 is 5.32 Å². The molecule has 3 rings (SSSR count). The van der Waals surface area contributed by atoms with E-state index in [0.717, 1.165) is 10.6 Å². The summed E-state index contributed by atoms with van der Waals surface area (Å²) in [5.41, 5.74) is 0.671. The summed E-state index contributed by atoms with van der Waals surface area (Å²) in [5.74, 6) is -2.08. The van der Waals surface area contributed by atoms with Gasteiger partial charge in [-0.05, 0) is 24.6 Å². The van der Waals surface area contributed by atoms with Crippen molar-refractivity contribution in [3.05, 3.63) is 52.2 Å². The molecule has 2 aromatic heterocycles. The molecule has 3 aromatic rings. The Balaban J connectivity index is 1.86. The van der Waals surface area contributed by atoms with Crippen LogP contribution in [0.5, 0.6) is 0 Å². The second-order valence-electron chi connectivity index (χ2n) is 5.50. The predicted octanol–water partition coefficient (Wildman–Crippen LogP) is 3.39. The van der Waals surface area contributed by atoms with Crippen molar-refractivity contribution in [1.29, 1.82) is 0 Å². The van der Waals surface area contributed by atoms with Crippen LogP contribution in [0.25, 0.3) is 5.78 Å². The van der Waals surface area contributed by atoms with Crippen molar-refractivity contribution in [2.75, 3.05) is 11.9 Å². The minimum atomic E-state index is -4.71. The second-order valence-corrected chi connectivity index (χ2v) is 5.91. The van der Waals surface area contributed by atoms with Crippen molar-refractivity contribution >= 4 is 23.2 Å². The molecule has 2 heterocycles. The van der Waals surface area contributed by atoms with E-state index in [1.54, 1.807) is 6.92 Å².